The van der Waals surface area contributed by atoms with Gasteiger partial charge in [0.2, 0.25) is 0 Å². The Bertz CT molecular complexity index is 1610. The number of nitrogens with zero attached hydrogens (tertiary/aromatic N) is 1. The van der Waals surface area contributed by atoms with Crippen LogP contribution >= 0.6 is 15.9 Å². The van der Waals surface area contributed by atoms with Gasteiger partial charge >= 0.3 is 12.0 Å². The lowest BCUT2D eigenvalue weighted by Gasteiger charge is -2.28. The number of hydrogen-bond acceptors (Lipinski definition) is 9. The van der Waals surface area contributed by atoms with Gasteiger partial charge in [0.15, 0.2) is 29.6 Å². The minimum absolute atomic E-state index is 0.181. The maximum atomic E-state index is 12.6. The third kappa shape index (κ3) is 8.54. The summed E-state index contributed by atoms with van der Waals surface area (Å²) in [6.07, 6.45) is 1.46. The third-order valence-corrected chi connectivity index (χ3v) is 7.24. The van der Waals surface area contributed by atoms with Crippen LogP contribution in [0.25, 0.3) is 0 Å². The predicted octanol–water partition coefficient (Wildman–Crippen LogP) is 4.77. The topological polar surface area (TPSA) is 146 Å². The van der Waals surface area contributed by atoms with E-state index in [9.17, 15) is 14.4 Å². The van der Waals surface area contributed by atoms with Crippen LogP contribution in [0.15, 0.2) is 81.5 Å². The molecular formula is C32H33BrN4O8. The van der Waals surface area contributed by atoms with Crippen LogP contribution in [0.1, 0.15) is 36.6 Å². The first-order chi connectivity index (χ1) is 21.7. The molecule has 236 valence electrons. The molecule has 3 aromatic carbocycles. The van der Waals surface area contributed by atoms with Gasteiger partial charge in [0.25, 0.3) is 5.91 Å². The van der Waals surface area contributed by atoms with Crippen molar-refractivity contribution in [1.82, 2.24) is 16.1 Å². The number of carbonyl (C=O) groups excluding carboxylic acids is 3. The number of hydrogen-bond donors (Lipinski definition) is 3. The van der Waals surface area contributed by atoms with E-state index in [1.165, 1.54) is 13.3 Å². The van der Waals surface area contributed by atoms with Gasteiger partial charge in [0, 0.05) is 15.7 Å². The Balaban J connectivity index is 1.38. The number of benzene rings is 3. The fraction of sp³-hybridized carbons (Fsp3) is 0.250. The van der Waals surface area contributed by atoms with Crippen molar-refractivity contribution in [3.05, 3.63) is 93.1 Å². The molecule has 13 heteroatoms. The first-order valence-electron chi connectivity index (χ1n) is 13.9. The van der Waals surface area contributed by atoms with Crippen LogP contribution in [0.4, 0.5) is 4.79 Å². The molecule has 1 aliphatic heterocycles. The van der Waals surface area contributed by atoms with Crippen molar-refractivity contribution in [1.29, 1.82) is 0 Å². The highest BCUT2D eigenvalue weighted by molar-refractivity contribution is 9.10. The second kappa shape index (κ2) is 15.6. The van der Waals surface area contributed by atoms with Crippen molar-refractivity contribution in [2.75, 3.05) is 27.4 Å². The number of nitrogens with one attached hydrogen (secondary N) is 3. The molecule has 0 aromatic heterocycles. The molecule has 0 unspecified atom stereocenters. The smallest absolute Gasteiger partial charge is 0.338 e. The minimum Gasteiger partial charge on any atom is -0.493 e. The second-order valence-corrected chi connectivity index (χ2v) is 10.4. The van der Waals surface area contributed by atoms with Crippen molar-refractivity contribution in [3.8, 4) is 23.0 Å². The highest BCUT2D eigenvalue weighted by atomic mass is 79.9. The largest absolute Gasteiger partial charge is 0.493 e. The van der Waals surface area contributed by atoms with E-state index in [2.05, 4.69) is 37.1 Å². The summed E-state index contributed by atoms with van der Waals surface area (Å²) in [6, 6.07) is 16.9. The van der Waals surface area contributed by atoms with Crippen LogP contribution in [-0.4, -0.2) is 51.6 Å². The van der Waals surface area contributed by atoms with Gasteiger partial charge < -0.3 is 34.3 Å². The lowest BCUT2D eigenvalue weighted by atomic mass is 9.95. The van der Waals surface area contributed by atoms with Gasteiger partial charge in [0.05, 0.1) is 38.7 Å². The summed E-state index contributed by atoms with van der Waals surface area (Å²) < 4.78 is 28.4. The first-order valence-corrected chi connectivity index (χ1v) is 14.7. The fourth-order valence-electron chi connectivity index (χ4n) is 4.41. The predicted molar refractivity (Wildman–Crippen MR) is 169 cm³/mol. The van der Waals surface area contributed by atoms with Gasteiger partial charge in [-0.05, 0) is 65.2 Å². The number of allylic oxidation sites excluding steroid dienone is 1. The van der Waals surface area contributed by atoms with E-state index in [1.54, 1.807) is 51.3 Å². The molecule has 3 N–H and O–H groups in total. The number of rotatable bonds is 13. The molecule has 0 radical (unpaired) electrons. The molecule has 1 atom stereocenters. The number of methoxy groups -OCH3 is 2. The Kier molecular flexibility index (Phi) is 11.4. The molecule has 0 spiro atoms. The number of esters is 1. The Hall–Kier alpha value is -5.04. The maximum Gasteiger partial charge on any atom is 0.338 e. The number of hydrazone groups is 1. The van der Waals surface area contributed by atoms with Crippen LogP contribution in [0, 0.1) is 0 Å². The highest BCUT2D eigenvalue weighted by Gasteiger charge is 2.32. The highest BCUT2D eigenvalue weighted by Crippen LogP contribution is 2.35. The molecule has 3 aromatic rings. The molecule has 0 saturated carbocycles. The van der Waals surface area contributed by atoms with Crippen molar-refractivity contribution < 1.29 is 38.1 Å². The van der Waals surface area contributed by atoms with E-state index in [1.807, 2.05) is 30.3 Å². The summed E-state index contributed by atoms with van der Waals surface area (Å²) in [4.78, 5) is 37.3. The molecule has 45 heavy (non-hydrogen) atoms. The number of halogens is 1. The van der Waals surface area contributed by atoms with Gasteiger partial charge in [-0.3, -0.25) is 4.79 Å². The number of urea groups is 1. The lowest BCUT2D eigenvalue weighted by Crippen LogP contribution is -2.45. The van der Waals surface area contributed by atoms with Gasteiger partial charge in [-0.15, -0.1) is 0 Å². The summed E-state index contributed by atoms with van der Waals surface area (Å²) in [7, 11) is 2.98. The molecule has 4 rings (SSSR count). The average molecular weight is 682 g/mol. The van der Waals surface area contributed by atoms with Gasteiger partial charge in [-0.25, -0.2) is 15.0 Å². The molecule has 0 bridgehead atoms. The minimum atomic E-state index is -0.777. The third-order valence-electron chi connectivity index (χ3n) is 6.56. The van der Waals surface area contributed by atoms with E-state index in [-0.39, 0.29) is 24.5 Å². The number of ether oxygens (including phenoxy) is 5. The Morgan fingerprint density at radius 2 is 1.71 bits per heavy atom. The van der Waals surface area contributed by atoms with Crippen molar-refractivity contribution >= 4 is 40.1 Å². The maximum absolute atomic E-state index is 12.6. The molecule has 12 nitrogen and oxygen atoms in total. The van der Waals surface area contributed by atoms with E-state index < -0.39 is 23.9 Å². The Morgan fingerprint density at radius 1 is 0.978 bits per heavy atom. The molecule has 0 aliphatic carbocycles. The molecule has 1 heterocycles. The van der Waals surface area contributed by atoms with E-state index in [0.29, 0.717) is 45.2 Å². The summed E-state index contributed by atoms with van der Waals surface area (Å²) in [5.74, 6) is 0.554. The summed E-state index contributed by atoms with van der Waals surface area (Å²) in [6.45, 7) is 3.52. The summed E-state index contributed by atoms with van der Waals surface area (Å²) in [5.41, 5.74) is 5.30. The average Bonchev–Trinajstić information content (AvgIpc) is 3.03. The zero-order valence-corrected chi connectivity index (χ0v) is 26.7. The Morgan fingerprint density at radius 3 is 2.42 bits per heavy atom. The van der Waals surface area contributed by atoms with Gasteiger partial charge in [-0.1, -0.05) is 36.4 Å². The lowest BCUT2D eigenvalue weighted by molar-refractivity contribution is -0.139. The van der Waals surface area contributed by atoms with Crippen molar-refractivity contribution in [2.24, 2.45) is 5.10 Å². The first kappa shape index (κ1) is 32.9. The zero-order valence-electron chi connectivity index (χ0n) is 25.1. The summed E-state index contributed by atoms with van der Waals surface area (Å²) in [5, 5.41) is 9.35. The van der Waals surface area contributed by atoms with Crippen LogP contribution in [0.5, 0.6) is 23.0 Å². The monoisotopic (exact) mass is 680 g/mol. The number of amides is 3. The van der Waals surface area contributed by atoms with Crippen LogP contribution in [-0.2, 0) is 20.9 Å². The van der Waals surface area contributed by atoms with E-state index in [4.69, 9.17) is 23.7 Å². The van der Waals surface area contributed by atoms with Gasteiger partial charge in [0.1, 0.15) is 6.61 Å². The quantitative estimate of drug-likeness (QED) is 0.133. The van der Waals surface area contributed by atoms with Crippen LogP contribution in [0.3, 0.4) is 0 Å². The second-order valence-electron chi connectivity index (χ2n) is 9.58. The molecule has 0 saturated heterocycles. The normalized spacial score (nSPS) is 14.3. The Labute approximate surface area is 268 Å². The fourth-order valence-corrected chi connectivity index (χ4v) is 4.84. The number of carbonyl (C=O) groups is 3. The molecule has 0 fully saturated rings. The molecule has 1 aliphatic rings. The van der Waals surface area contributed by atoms with Crippen LogP contribution in [0.2, 0.25) is 0 Å². The summed E-state index contributed by atoms with van der Waals surface area (Å²) >= 11 is 3.51. The van der Waals surface area contributed by atoms with Crippen molar-refractivity contribution in [2.45, 2.75) is 26.5 Å². The standard InChI is InChI=1S/C32H33BrN4O8/c1-5-43-31(39)29-19(2)35-32(40)36-30(29)21-11-12-24(25(13-21)41-3)45-18-28(38)37-34-16-22-14-26(42-4)27(15-23(22)33)44-17-20-9-7-6-8-10-20/h6-16,30H,5,17-18H2,1-4H3,(H,37,38)(H2,35,36,40)/b34-16-/t30-/m1/s1. The van der Waals surface area contributed by atoms with Gasteiger partial charge in [-0.2, -0.15) is 5.10 Å². The van der Waals surface area contributed by atoms with E-state index in [0.717, 1.165) is 5.56 Å². The van der Waals surface area contributed by atoms with Crippen molar-refractivity contribution in [3.63, 3.8) is 0 Å². The van der Waals surface area contributed by atoms with E-state index >= 15 is 0 Å². The zero-order chi connectivity index (χ0) is 32.3. The molecule has 3 amide bonds. The SMILES string of the molecule is CCOC(=O)C1=C(C)NC(=O)N[C@@H]1c1ccc(OCC(=O)N/N=C\c2cc(OC)c(OCc3ccccc3)cc2Br)c(OC)c1. The molecular weight excluding hydrogens is 648 g/mol. The van der Waals surface area contributed by atoms with Crippen LogP contribution < -0.4 is 35.0 Å².